The minimum Gasteiger partial charge on any atom is -0.457 e. The zero-order chi connectivity index (χ0) is 25.5. The molecule has 0 bridgehead atoms. The average molecular weight is 528 g/mol. The Labute approximate surface area is 220 Å². The fraction of sp³-hybridized carbons (Fsp3) is 0.259. The molecule has 4 rings (SSSR count). The maximum absolute atomic E-state index is 13.1. The fourth-order valence-electron chi connectivity index (χ4n) is 3.71. The summed E-state index contributed by atoms with van der Waals surface area (Å²) in [4.78, 5) is 28.1. The first-order valence-electron chi connectivity index (χ1n) is 11.6. The van der Waals surface area contributed by atoms with Crippen molar-refractivity contribution in [3.8, 4) is 11.3 Å². The summed E-state index contributed by atoms with van der Waals surface area (Å²) >= 11 is 12.3. The van der Waals surface area contributed by atoms with E-state index in [-0.39, 0.29) is 5.70 Å². The number of nitrogens with one attached hydrogen (secondary N) is 2. The summed E-state index contributed by atoms with van der Waals surface area (Å²) in [5, 5.41) is 6.58. The number of benzene rings is 2. The number of furan rings is 1. The Morgan fingerprint density at radius 1 is 1.03 bits per heavy atom. The van der Waals surface area contributed by atoms with Crippen LogP contribution in [0, 0.1) is 6.92 Å². The molecule has 9 heteroatoms. The molecule has 1 aromatic heterocycles. The van der Waals surface area contributed by atoms with Crippen molar-refractivity contribution >= 4 is 41.1 Å². The molecular formula is C27H27Cl2N3O4. The van der Waals surface area contributed by atoms with Crippen molar-refractivity contribution in [3.63, 3.8) is 0 Å². The summed E-state index contributed by atoms with van der Waals surface area (Å²) in [5.74, 6) is 0.0988. The van der Waals surface area contributed by atoms with Crippen LogP contribution in [0.2, 0.25) is 10.0 Å². The van der Waals surface area contributed by atoms with Crippen molar-refractivity contribution in [1.29, 1.82) is 0 Å². The van der Waals surface area contributed by atoms with Gasteiger partial charge in [0.2, 0.25) is 0 Å². The molecule has 1 saturated heterocycles. The fourth-order valence-corrected chi connectivity index (χ4v) is 4.21. The lowest BCUT2D eigenvalue weighted by Gasteiger charge is -2.26. The van der Waals surface area contributed by atoms with Gasteiger partial charge in [-0.2, -0.15) is 0 Å². The van der Waals surface area contributed by atoms with E-state index in [4.69, 9.17) is 32.4 Å². The van der Waals surface area contributed by atoms with E-state index in [0.29, 0.717) is 59.0 Å². The van der Waals surface area contributed by atoms with Gasteiger partial charge in [-0.05, 0) is 49.4 Å². The first kappa shape index (κ1) is 26.0. The topological polar surface area (TPSA) is 83.8 Å². The van der Waals surface area contributed by atoms with Gasteiger partial charge in [-0.15, -0.1) is 0 Å². The maximum Gasteiger partial charge on any atom is 0.267 e. The highest BCUT2D eigenvalue weighted by Gasteiger charge is 2.17. The second kappa shape index (κ2) is 12.2. The lowest BCUT2D eigenvalue weighted by molar-refractivity contribution is -0.117. The number of amides is 2. The smallest absolute Gasteiger partial charge is 0.267 e. The second-order valence-corrected chi connectivity index (χ2v) is 9.26. The molecule has 0 unspecified atom stereocenters. The lowest BCUT2D eigenvalue weighted by Crippen LogP contribution is -2.42. The molecule has 2 N–H and O–H groups in total. The highest BCUT2D eigenvalue weighted by Crippen LogP contribution is 2.32. The van der Waals surface area contributed by atoms with Gasteiger partial charge in [-0.3, -0.25) is 14.5 Å². The normalized spacial score (nSPS) is 14.5. The Kier molecular flexibility index (Phi) is 8.83. The van der Waals surface area contributed by atoms with E-state index in [2.05, 4.69) is 15.5 Å². The van der Waals surface area contributed by atoms with Crippen molar-refractivity contribution < 1.29 is 18.7 Å². The Morgan fingerprint density at radius 3 is 2.50 bits per heavy atom. The van der Waals surface area contributed by atoms with Crippen LogP contribution in [-0.2, 0) is 9.53 Å². The van der Waals surface area contributed by atoms with E-state index >= 15 is 0 Å². The van der Waals surface area contributed by atoms with Crippen LogP contribution in [0.3, 0.4) is 0 Å². The number of carbonyl (C=O) groups excluding carboxylic acids is 2. The molecule has 2 amide bonds. The molecule has 1 aliphatic heterocycles. The Bertz CT molecular complexity index is 1250. The van der Waals surface area contributed by atoms with Crippen molar-refractivity contribution in [2.45, 2.75) is 6.92 Å². The molecule has 1 aliphatic rings. The largest absolute Gasteiger partial charge is 0.457 e. The molecule has 36 heavy (non-hydrogen) atoms. The van der Waals surface area contributed by atoms with Gasteiger partial charge in [0.15, 0.2) is 0 Å². The number of halogens is 2. The third kappa shape index (κ3) is 6.98. The van der Waals surface area contributed by atoms with Crippen LogP contribution < -0.4 is 10.6 Å². The molecule has 2 aromatic carbocycles. The zero-order valence-corrected chi connectivity index (χ0v) is 21.4. The van der Waals surface area contributed by atoms with Crippen LogP contribution in [0.1, 0.15) is 21.7 Å². The molecular weight excluding hydrogens is 501 g/mol. The van der Waals surface area contributed by atoms with Gasteiger partial charge in [0.25, 0.3) is 11.8 Å². The molecule has 2 heterocycles. The van der Waals surface area contributed by atoms with Crippen LogP contribution in [-0.4, -0.2) is 56.1 Å². The lowest BCUT2D eigenvalue weighted by atomic mass is 10.1. The molecule has 188 valence electrons. The standard InChI is InChI=1S/C27H27Cl2N3O4/c1-18-2-4-19(5-3-18)26(33)31-24(27(34)30-10-11-32-12-14-35-15-13-32)17-21-7-9-25(36-21)22-8-6-20(28)16-23(22)29/h2-9,16-17H,10-15H2,1H3,(H,30,34)(H,31,33). The van der Waals surface area contributed by atoms with Crippen LogP contribution in [0.4, 0.5) is 0 Å². The summed E-state index contributed by atoms with van der Waals surface area (Å²) in [6, 6.07) is 15.7. The van der Waals surface area contributed by atoms with Crippen molar-refractivity contribution in [3.05, 3.63) is 87.2 Å². The summed E-state index contributed by atoms with van der Waals surface area (Å²) < 4.78 is 11.3. The van der Waals surface area contributed by atoms with Gasteiger partial charge in [0.05, 0.1) is 18.2 Å². The van der Waals surface area contributed by atoms with Gasteiger partial charge < -0.3 is 19.8 Å². The second-order valence-electron chi connectivity index (χ2n) is 8.41. The van der Waals surface area contributed by atoms with Crippen LogP contribution in [0.5, 0.6) is 0 Å². The van der Waals surface area contributed by atoms with E-state index < -0.39 is 11.8 Å². The third-order valence-electron chi connectivity index (χ3n) is 5.73. The molecule has 0 radical (unpaired) electrons. The number of aryl methyl sites for hydroxylation is 1. The van der Waals surface area contributed by atoms with Crippen molar-refractivity contribution in [2.24, 2.45) is 0 Å². The monoisotopic (exact) mass is 527 g/mol. The van der Waals surface area contributed by atoms with Gasteiger partial charge in [0.1, 0.15) is 17.2 Å². The molecule has 7 nitrogen and oxygen atoms in total. The van der Waals surface area contributed by atoms with Gasteiger partial charge in [-0.25, -0.2) is 0 Å². The summed E-state index contributed by atoms with van der Waals surface area (Å²) in [6.45, 7) is 6.08. The van der Waals surface area contributed by atoms with Gasteiger partial charge in [-0.1, -0.05) is 40.9 Å². The molecule has 0 atom stereocenters. The average Bonchev–Trinajstić information content (AvgIpc) is 3.32. The number of ether oxygens (including phenoxy) is 1. The first-order chi connectivity index (χ1) is 17.4. The van der Waals surface area contributed by atoms with Crippen molar-refractivity contribution in [2.75, 3.05) is 39.4 Å². The summed E-state index contributed by atoms with van der Waals surface area (Å²) in [7, 11) is 0. The SMILES string of the molecule is Cc1ccc(C(=O)NC(=Cc2ccc(-c3ccc(Cl)cc3Cl)o2)C(=O)NCCN2CCOCC2)cc1. The number of rotatable bonds is 8. The predicted octanol–water partition coefficient (Wildman–Crippen LogP) is 4.78. The highest BCUT2D eigenvalue weighted by molar-refractivity contribution is 6.36. The molecule has 0 aliphatic carbocycles. The minimum absolute atomic E-state index is 0.0747. The number of nitrogens with zero attached hydrogens (tertiary/aromatic N) is 1. The first-order valence-corrected chi connectivity index (χ1v) is 12.4. The van der Waals surface area contributed by atoms with E-state index in [9.17, 15) is 9.59 Å². The van der Waals surface area contributed by atoms with E-state index in [1.165, 1.54) is 6.08 Å². The summed E-state index contributed by atoms with van der Waals surface area (Å²) in [5.41, 5.74) is 2.22. The number of hydrogen-bond donors (Lipinski definition) is 2. The Balaban J connectivity index is 1.52. The highest BCUT2D eigenvalue weighted by atomic mass is 35.5. The van der Waals surface area contributed by atoms with Gasteiger partial charge >= 0.3 is 0 Å². The predicted molar refractivity (Wildman–Crippen MR) is 141 cm³/mol. The van der Waals surface area contributed by atoms with Gasteiger partial charge in [0, 0.05) is 48.4 Å². The van der Waals surface area contributed by atoms with Crippen LogP contribution in [0.25, 0.3) is 17.4 Å². The maximum atomic E-state index is 13.1. The van der Waals surface area contributed by atoms with Crippen LogP contribution in [0.15, 0.2) is 64.7 Å². The zero-order valence-electron chi connectivity index (χ0n) is 19.9. The molecule has 0 saturated carbocycles. The molecule has 1 fully saturated rings. The van der Waals surface area contributed by atoms with Crippen molar-refractivity contribution in [1.82, 2.24) is 15.5 Å². The number of morpholine rings is 1. The Hall–Kier alpha value is -3.10. The Morgan fingerprint density at radius 2 is 1.78 bits per heavy atom. The quantitative estimate of drug-likeness (QED) is 0.412. The van der Waals surface area contributed by atoms with E-state index in [1.54, 1.807) is 42.5 Å². The minimum atomic E-state index is -0.411. The molecule has 0 spiro atoms. The van der Waals surface area contributed by atoms with E-state index in [1.807, 2.05) is 19.1 Å². The third-order valence-corrected chi connectivity index (χ3v) is 6.28. The van der Waals surface area contributed by atoms with E-state index in [0.717, 1.165) is 18.7 Å². The summed E-state index contributed by atoms with van der Waals surface area (Å²) in [6.07, 6.45) is 1.50. The molecule has 3 aromatic rings. The van der Waals surface area contributed by atoms with Crippen LogP contribution >= 0.6 is 23.2 Å². The number of hydrogen-bond acceptors (Lipinski definition) is 5. The number of carbonyl (C=O) groups is 2.